The van der Waals surface area contributed by atoms with Gasteiger partial charge in [0.15, 0.2) is 11.5 Å². The molecule has 176 valence electrons. The fraction of sp³-hybridized carbons (Fsp3) is 0.375. The molecule has 0 unspecified atom stereocenters. The van der Waals surface area contributed by atoms with Gasteiger partial charge < -0.3 is 21.3 Å². The minimum absolute atomic E-state index is 0.0149. The number of nitrogens with one attached hydrogen (secondary N) is 3. The molecule has 5 rings (SSSR count). The minimum Gasteiger partial charge on any atom is -0.364 e. The summed E-state index contributed by atoms with van der Waals surface area (Å²) in [4.78, 5) is 35.8. The zero-order valence-electron chi connectivity index (χ0n) is 19.0. The lowest BCUT2D eigenvalue weighted by molar-refractivity contribution is 0.0923. The summed E-state index contributed by atoms with van der Waals surface area (Å²) in [5.74, 6) is 0.795. The van der Waals surface area contributed by atoms with E-state index in [-0.39, 0.29) is 29.5 Å². The van der Waals surface area contributed by atoms with Gasteiger partial charge in [0.1, 0.15) is 5.82 Å². The van der Waals surface area contributed by atoms with Crippen molar-refractivity contribution in [3.63, 3.8) is 0 Å². The summed E-state index contributed by atoms with van der Waals surface area (Å²) in [6.07, 6.45) is 9.01. The quantitative estimate of drug-likeness (QED) is 0.425. The first-order valence-electron chi connectivity index (χ1n) is 11.6. The Morgan fingerprint density at radius 1 is 1.15 bits per heavy atom. The maximum Gasteiger partial charge on any atom is 0.271 e. The van der Waals surface area contributed by atoms with Crippen molar-refractivity contribution in [2.45, 2.75) is 50.6 Å². The van der Waals surface area contributed by atoms with Crippen LogP contribution in [0.4, 0.5) is 17.3 Å². The van der Waals surface area contributed by atoms with Crippen LogP contribution in [0.1, 0.15) is 64.9 Å². The first-order chi connectivity index (χ1) is 16.5. The lowest BCUT2D eigenvalue weighted by Crippen LogP contribution is -2.54. The van der Waals surface area contributed by atoms with Crippen molar-refractivity contribution in [1.82, 2.24) is 25.5 Å². The standard InChI is InChI=1S/C24H28N8O2/c1-14-19(30-24(34)17-8-6-16(7-9-17)15-4-5-15)3-2-10-32(14)20-13-26-21(22(25)33)23(31-20)29-18-11-27-28-12-18/h6-9,11-15,19H,2-5,10H2,1H3,(H2,25,33)(H,27,28)(H,29,31)(H,30,34)/t14-,19-/m1/s1. The summed E-state index contributed by atoms with van der Waals surface area (Å²) in [6, 6.07) is 7.89. The molecule has 5 N–H and O–H groups in total. The molecule has 2 aromatic heterocycles. The van der Waals surface area contributed by atoms with Gasteiger partial charge in [0.05, 0.1) is 18.1 Å². The molecule has 0 radical (unpaired) electrons. The van der Waals surface area contributed by atoms with Gasteiger partial charge >= 0.3 is 0 Å². The van der Waals surface area contributed by atoms with E-state index in [1.54, 1.807) is 18.6 Å². The van der Waals surface area contributed by atoms with Crippen molar-refractivity contribution in [2.75, 3.05) is 16.8 Å². The summed E-state index contributed by atoms with van der Waals surface area (Å²) in [5.41, 5.74) is 8.17. The van der Waals surface area contributed by atoms with Crippen LogP contribution in [-0.4, -0.2) is 50.6 Å². The highest BCUT2D eigenvalue weighted by atomic mass is 16.2. The molecule has 2 fully saturated rings. The Bertz CT molecular complexity index is 1170. The number of aromatic amines is 1. The van der Waals surface area contributed by atoms with Crippen LogP contribution in [0.25, 0.3) is 0 Å². The molecule has 2 atom stereocenters. The normalized spacial score (nSPS) is 20.1. The van der Waals surface area contributed by atoms with Crippen molar-refractivity contribution in [1.29, 1.82) is 0 Å². The summed E-state index contributed by atoms with van der Waals surface area (Å²) in [6.45, 7) is 2.83. The molecule has 3 heterocycles. The van der Waals surface area contributed by atoms with E-state index in [1.807, 2.05) is 12.1 Å². The van der Waals surface area contributed by atoms with Gasteiger partial charge in [-0.25, -0.2) is 9.97 Å². The summed E-state index contributed by atoms with van der Waals surface area (Å²) < 4.78 is 0. The maximum absolute atomic E-state index is 12.9. The lowest BCUT2D eigenvalue weighted by atomic mass is 9.97. The monoisotopic (exact) mass is 460 g/mol. The fourth-order valence-corrected chi connectivity index (χ4v) is 4.48. The fourth-order valence-electron chi connectivity index (χ4n) is 4.48. The number of benzene rings is 1. The predicted octanol–water partition coefficient (Wildman–Crippen LogP) is 2.71. The molecule has 3 aromatic rings. The molecule has 10 heteroatoms. The van der Waals surface area contributed by atoms with E-state index < -0.39 is 5.91 Å². The van der Waals surface area contributed by atoms with Crippen LogP contribution in [0.3, 0.4) is 0 Å². The van der Waals surface area contributed by atoms with E-state index >= 15 is 0 Å². The number of piperidine rings is 1. The molecule has 1 aliphatic carbocycles. The van der Waals surface area contributed by atoms with Gasteiger partial charge in [-0.3, -0.25) is 14.7 Å². The highest BCUT2D eigenvalue weighted by molar-refractivity contribution is 5.96. The number of hydrogen-bond donors (Lipinski definition) is 4. The number of carbonyl (C=O) groups is 2. The second kappa shape index (κ2) is 9.12. The van der Waals surface area contributed by atoms with Crippen molar-refractivity contribution in [2.24, 2.45) is 5.73 Å². The van der Waals surface area contributed by atoms with E-state index in [0.717, 1.165) is 19.4 Å². The molecular weight excluding hydrogens is 432 g/mol. The largest absolute Gasteiger partial charge is 0.364 e. The van der Waals surface area contributed by atoms with Crippen LogP contribution >= 0.6 is 0 Å². The van der Waals surface area contributed by atoms with Gasteiger partial charge in [-0.2, -0.15) is 5.10 Å². The molecule has 10 nitrogen and oxygen atoms in total. The third-order valence-electron chi connectivity index (χ3n) is 6.57. The number of H-pyrrole nitrogens is 1. The van der Waals surface area contributed by atoms with Crippen LogP contribution in [0, 0.1) is 0 Å². The Labute approximate surface area is 197 Å². The Morgan fingerprint density at radius 2 is 1.94 bits per heavy atom. The van der Waals surface area contributed by atoms with Gasteiger partial charge in [-0.1, -0.05) is 12.1 Å². The number of primary amides is 1. The molecule has 1 aromatic carbocycles. The van der Waals surface area contributed by atoms with E-state index in [0.29, 0.717) is 23.0 Å². The number of anilines is 3. The number of aromatic nitrogens is 4. The Hall–Kier alpha value is -3.95. The van der Waals surface area contributed by atoms with Gasteiger partial charge in [0.2, 0.25) is 0 Å². The topological polar surface area (TPSA) is 142 Å². The second-order valence-corrected chi connectivity index (χ2v) is 8.95. The average Bonchev–Trinajstić information content (AvgIpc) is 3.57. The minimum atomic E-state index is -0.672. The summed E-state index contributed by atoms with van der Waals surface area (Å²) >= 11 is 0. The third-order valence-corrected chi connectivity index (χ3v) is 6.57. The third kappa shape index (κ3) is 4.57. The average molecular weight is 461 g/mol. The first kappa shape index (κ1) is 21.9. The Balaban J connectivity index is 1.32. The van der Waals surface area contributed by atoms with Crippen LogP contribution in [0.15, 0.2) is 42.9 Å². The smallest absolute Gasteiger partial charge is 0.271 e. The molecule has 1 saturated heterocycles. The molecule has 1 aliphatic heterocycles. The van der Waals surface area contributed by atoms with E-state index in [9.17, 15) is 9.59 Å². The zero-order valence-corrected chi connectivity index (χ0v) is 19.0. The number of hydrogen-bond acceptors (Lipinski definition) is 7. The Morgan fingerprint density at radius 3 is 2.62 bits per heavy atom. The molecule has 0 bridgehead atoms. The van der Waals surface area contributed by atoms with Crippen LogP contribution < -0.4 is 21.3 Å². The molecule has 2 aliphatic rings. The van der Waals surface area contributed by atoms with Gasteiger partial charge in [-0.05, 0) is 56.2 Å². The van der Waals surface area contributed by atoms with Crippen molar-refractivity contribution in [3.05, 3.63) is 59.7 Å². The Kier molecular flexibility index (Phi) is 5.87. The van der Waals surface area contributed by atoms with Crippen LogP contribution in [0.5, 0.6) is 0 Å². The number of carbonyl (C=O) groups excluding carboxylic acids is 2. The SMILES string of the molecule is C[C@@H]1[C@H](NC(=O)c2ccc(C3CC3)cc2)CCCN1c1cnc(C(N)=O)c(Nc2cn[nH]c2)n1. The molecule has 2 amide bonds. The van der Waals surface area contributed by atoms with Gasteiger partial charge in [0.25, 0.3) is 11.8 Å². The number of rotatable bonds is 7. The highest BCUT2D eigenvalue weighted by Crippen LogP contribution is 2.39. The van der Waals surface area contributed by atoms with E-state index in [4.69, 9.17) is 5.73 Å². The summed E-state index contributed by atoms with van der Waals surface area (Å²) in [5, 5.41) is 12.8. The van der Waals surface area contributed by atoms with Crippen molar-refractivity contribution >= 4 is 29.1 Å². The van der Waals surface area contributed by atoms with Crippen molar-refractivity contribution < 1.29 is 9.59 Å². The lowest BCUT2D eigenvalue weighted by Gasteiger charge is -2.40. The van der Waals surface area contributed by atoms with E-state index in [2.05, 4.69) is 54.8 Å². The first-order valence-corrected chi connectivity index (χ1v) is 11.6. The van der Waals surface area contributed by atoms with Gasteiger partial charge in [-0.15, -0.1) is 0 Å². The molecule has 34 heavy (non-hydrogen) atoms. The van der Waals surface area contributed by atoms with Crippen LogP contribution in [-0.2, 0) is 0 Å². The number of nitrogens with zero attached hydrogens (tertiary/aromatic N) is 4. The molecule has 0 spiro atoms. The molecule has 1 saturated carbocycles. The predicted molar refractivity (Wildman–Crippen MR) is 128 cm³/mol. The van der Waals surface area contributed by atoms with Gasteiger partial charge in [0, 0.05) is 30.4 Å². The maximum atomic E-state index is 12.9. The van der Waals surface area contributed by atoms with Crippen LogP contribution in [0.2, 0.25) is 0 Å². The van der Waals surface area contributed by atoms with Crippen molar-refractivity contribution in [3.8, 4) is 0 Å². The summed E-state index contributed by atoms with van der Waals surface area (Å²) in [7, 11) is 0. The van der Waals surface area contributed by atoms with E-state index in [1.165, 1.54) is 18.4 Å². The second-order valence-electron chi connectivity index (χ2n) is 8.95. The zero-order chi connectivity index (χ0) is 23.7. The molecular formula is C24H28N8O2. The number of amides is 2. The highest BCUT2D eigenvalue weighted by Gasteiger charge is 2.31. The number of nitrogens with two attached hydrogens (primary N) is 1.